The van der Waals surface area contributed by atoms with Crippen LogP contribution in [0.2, 0.25) is 0 Å². The smallest absolute Gasteiger partial charge is 0.168 e. The molecule has 3 rings (SSSR count). The summed E-state index contributed by atoms with van der Waals surface area (Å²) in [5, 5.41) is 0. The number of benzene rings is 1. The summed E-state index contributed by atoms with van der Waals surface area (Å²) in [5.74, 6) is -0.406. The van der Waals surface area contributed by atoms with E-state index < -0.39 is 5.79 Å². The van der Waals surface area contributed by atoms with Crippen LogP contribution in [-0.4, -0.2) is 25.3 Å². The van der Waals surface area contributed by atoms with Crippen molar-refractivity contribution in [1.82, 2.24) is 0 Å². The molecule has 1 saturated heterocycles. The van der Waals surface area contributed by atoms with Gasteiger partial charge in [-0.3, -0.25) is 0 Å². The molecule has 2 aliphatic rings. The van der Waals surface area contributed by atoms with Gasteiger partial charge >= 0.3 is 0 Å². The average molecular weight is 260 g/mol. The fraction of sp³-hybridized carbons (Fsp3) is 0.562. The Morgan fingerprint density at radius 1 is 1.00 bits per heavy atom. The normalized spacial score (nSPS) is 24.5. The summed E-state index contributed by atoms with van der Waals surface area (Å²) in [6.45, 7) is 3.42. The number of hydrogen-bond donors (Lipinski definition) is 0. The highest BCUT2D eigenvalue weighted by molar-refractivity contribution is 5.69. The molecule has 102 valence electrons. The monoisotopic (exact) mass is 260 g/mol. The first-order chi connectivity index (χ1) is 9.18. The number of rotatable bonds is 2. The molecule has 0 unspecified atom stereocenters. The fourth-order valence-corrected chi connectivity index (χ4v) is 3.22. The maximum atomic E-state index is 11.7. The maximum Gasteiger partial charge on any atom is 0.168 e. The van der Waals surface area contributed by atoms with Gasteiger partial charge in [-0.15, -0.1) is 0 Å². The first-order valence-corrected chi connectivity index (χ1v) is 7.00. The number of carbonyl (C=O) groups excluding carboxylic acids is 1. The van der Waals surface area contributed by atoms with E-state index in [1.807, 2.05) is 0 Å². The largest absolute Gasteiger partial charge is 0.348 e. The van der Waals surface area contributed by atoms with Crippen LogP contribution in [0.3, 0.4) is 0 Å². The van der Waals surface area contributed by atoms with Gasteiger partial charge in [-0.25, -0.2) is 0 Å². The van der Waals surface area contributed by atoms with Crippen LogP contribution in [0.1, 0.15) is 36.8 Å². The Morgan fingerprint density at radius 3 is 2.11 bits per heavy atom. The first kappa shape index (κ1) is 12.8. The van der Waals surface area contributed by atoms with Crippen LogP contribution in [-0.2, 0) is 19.7 Å². The zero-order chi connectivity index (χ0) is 13.3. The number of carbonyl (C=O) groups is 1. The minimum absolute atomic E-state index is 0.353. The second-order valence-corrected chi connectivity index (χ2v) is 5.75. The lowest BCUT2D eigenvalue weighted by atomic mass is 9.68. The molecule has 0 amide bonds. The Balaban J connectivity index is 1.82. The molecule has 3 nitrogen and oxygen atoms in total. The quantitative estimate of drug-likeness (QED) is 0.767. The van der Waals surface area contributed by atoms with Crippen molar-refractivity contribution in [3.63, 3.8) is 0 Å². The van der Waals surface area contributed by atoms with E-state index in [9.17, 15) is 4.79 Å². The van der Waals surface area contributed by atoms with Crippen LogP contribution >= 0.6 is 0 Å². The molecule has 0 radical (unpaired) electrons. The Kier molecular flexibility index (Phi) is 3.19. The van der Waals surface area contributed by atoms with E-state index in [4.69, 9.17) is 9.47 Å². The predicted octanol–water partition coefficient (Wildman–Crippen LogP) is 2.75. The maximum absolute atomic E-state index is 11.7. The molecule has 2 fully saturated rings. The van der Waals surface area contributed by atoms with E-state index in [0.717, 1.165) is 37.5 Å². The predicted molar refractivity (Wildman–Crippen MR) is 72.0 cm³/mol. The van der Waals surface area contributed by atoms with Gasteiger partial charge < -0.3 is 14.3 Å². The lowest BCUT2D eigenvalue weighted by molar-refractivity contribution is -0.184. The number of ether oxygens (including phenoxy) is 2. The van der Waals surface area contributed by atoms with Crippen molar-refractivity contribution < 1.29 is 14.3 Å². The molecule has 0 atom stereocenters. The van der Waals surface area contributed by atoms with Gasteiger partial charge in [0.15, 0.2) is 5.79 Å². The van der Waals surface area contributed by atoms with Crippen molar-refractivity contribution in [1.29, 1.82) is 0 Å². The van der Waals surface area contributed by atoms with E-state index in [1.54, 1.807) is 0 Å². The van der Waals surface area contributed by atoms with E-state index >= 15 is 0 Å². The molecule has 0 aromatic heterocycles. The molecule has 1 aliphatic carbocycles. The van der Waals surface area contributed by atoms with Crippen molar-refractivity contribution in [3.05, 3.63) is 35.4 Å². The standard InChI is InChI=1S/C16H20O3/c1-13-2-4-14(5-3-13)15(12-17)6-8-16(9-7-15)18-10-11-19-16/h2-5,12H,6-11H2,1H3. The lowest BCUT2D eigenvalue weighted by Crippen LogP contribution is -2.43. The highest BCUT2D eigenvalue weighted by Crippen LogP contribution is 2.45. The van der Waals surface area contributed by atoms with E-state index in [0.29, 0.717) is 13.2 Å². The van der Waals surface area contributed by atoms with Crippen LogP contribution in [0, 0.1) is 6.92 Å². The van der Waals surface area contributed by atoms with Crippen LogP contribution in [0.4, 0.5) is 0 Å². The van der Waals surface area contributed by atoms with E-state index in [2.05, 4.69) is 31.2 Å². The van der Waals surface area contributed by atoms with E-state index in [-0.39, 0.29) is 5.41 Å². The Hall–Kier alpha value is -1.19. The average Bonchev–Trinajstić information content (AvgIpc) is 2.90. The summed E-state index contributed by atoms with van der Waals surface area (Å²) in [5.41, 5.74) is 1.99. The molecule has 0 bridgehead atoms. The van der Waals surface area contributed by atoms with Crippen LogP contribution in [0.15, 0.2) is 24.3 Å². The zero-order valence-corrected chi connectivity index (χ0v) is 11.4. The first-order valence-electron chi connectivity index (χ1n) is 7.00. The third kappa shape index (κ3) is 2.21. The van der Waals surface area contributed by atoms with Gasteiger partial charge in [0, 0.05) is 12.8 Å². The molecule has 1 spiro atoms. The molecule has 1 aromatic carbocycles. The van der Waals surface area contributed by atoms with Gasteiger partial charge in [0.2, 0.25) is 0 Å². The Labute approximate surface area is 113 Å². The molecule has 0 N–H and O–H groups in total. The minimum atomic E-state index is -0.406. The molecule has 1 saturated carbocycles. The third-order valence-corrected chi connectivity index (χ3v) is 4.57. The van der Waals surface area contributed by atoms with Crippen molar-refractivity contribution in [2.24, 2.45) is 0 Å². The highest BCUT2D eigenvalue weighted by atomic mass is 16.7. The van der Waals surface area contributed by atoms with Gasteiger partial charge in [-0.1, -0.05) is 29.8 Å². The second kappa shape index (κ2) is 4.73. The molecule has 19 heavy (non-hydrogen) atoms. The third-order valence-electron chi connectivity index (χ3n) is 4.57. The van der Waals surface area contributed by atoms with Crippen LogP contribution in [0.25, 0.3) is 0 Å². The van der Waals surface area contributed by atoms with Crippen LogP contribution in [0.5, 0.6) is 0 Å². The summed E-state index contributed by atoms with van der Waals surface area (Å²) in [7, 11) is 0. The molecular weight excluding hydrogens is 240 g/mol. The fourth-order valence-electron chi connectivity index (χ4n) is 3.22. The van der Waals surface area contributed by atoms with Gasteiger partial charge in [0.05, 0.1) is 18.6 Å². The van der Waals surface area contributed by atoms with Gasteiger partial charge in [-0.05, 0) is 25.3 Å². The van der Waals surface area contributed by atoms with Crippen LogP contribution < -0.4 is 0 Å². The van der Waals surface area contributed by atoms with Crippen molar-refractivity contribution in [3.8, 4) is 0 Å². The Bertz CT molecular complexity index is 447. The second-order valence-electron chi connectivity index (χ2n) is 5.75. The van der Waals surface area contributed by atoms with Crippen molar-refractivity contribution >= 4 is 6.29 Å². The Morgan fingerprint density at radius 2 is 1.58 bits per heavy atom. The lowest BCUT2D eigenvalue weighted by Gasteiger charge is -2.40. The van der Waals surface area contributed by atoms with Crippen molar-refractivity contribution in [2.75, 3.05) is 13.2 Å². The topological polar surface area (TPSA) is 35.5 Å². The highest BCUT2D eigenvalue weighted by Gasteiger charge is 2.46. The summed E-state index contributed by atoms with van der Waals surface area (Å²) in [6, 6.07) is 8.32. The summed E-state index contributed by atoms with van der Waals surface area (Å²) in [4.78, 5) is 11.7. The molecule has 1 aliphatic heterocycles. The minimum Gasteiger partial charge on any atom is -0.348 e. The zero-order valence-electron chi connectivity index (χ0n) is 11.4. The number of hydrogen-bond acceptors (Lipinski definition) is 3. The number of aryl methyl sites for hydroxylation is 1. The number of aldehydes is 1. The van der Waals surface area contributed by atoms with Gasteiger partial charge in [0.25, 0.3) is 0 Å². The summed E-state index contributed by atoms with van der Waals surface area (Å²) in [6.07, 6.45) is 4.35. The summed E-state index contributed by atoms with van der Waals surface area (Å²) < 4.78 is 11.5. The van der Waals surface area contributed by atoms with Gasteiger partial charge in [-0.2, -0.15) is 0 Å². The summed E-state index contributed by atoms with van der Waals surface area (Å²) >= 11 is 0. The molecule has 1 aromatic rings. The molecule has 3 heteroatoms. The van der Waals surface area contributed by atoms with E-state index in [1.165, 1.54) is 5.56 Å². The molecular formula is C16H20O3. The van der Waals surface area contributed by atoms with Crippen molar-refractivity contribution in [2.45, 2.75) is 43.8 Å². The molecule has 1 heterocycles. The SMILES string of the molecule is Cc1ccc(C2(C=O)CCC3(CC2)OCCO3)cc1. The van der Waals surface area contributed by atoms with Gasteiger partial charge in [0.1, 0.15) is 6.29 Å².